The van der Waals surface area contributed by atoms with E-state index in [1.165, 1.54) is 16.5 Å². The van der Waals surface area contributed by atoms with Crippen molar-refractivity contribution in [3.63, 3.8) is 0 Å². The summed E-state index contributed by atoms with van der Waals surface area (Å²) in [4.78, 5) is 18.5. The summed E-state index contributed by atoms with van der Waals surface area (Å²) in [7, 11) is 0. The van der Waals surface area contributed by atoms with Gasteiger partial charge in [-0.15, -0.1) is 0 Å². The molecule has 1 atom stereocenters. The van der Waals surface area contributed by atoms with E-state index in [1.54, 1.807) is 0 Å². The quantitative estimate of drug-likeness (QED) is 0.478. The van der Waals surface area contributed by atoms with Gasteiger partial charge in [0.1, 0.15) is 5.75 Å². The Morgan fingerprint density at radius 3 is 2.61 bits per heavy atom. The van der Waals surface area contributed by atoms with Gasteiger partial charge in [0.05, 0.1) is 12.2 Å². The fraction of sp³-hybridized carbons (Fsp3) is 0.464. The van der Waals surface area contributed by atoms with Gasteiger partial charge in [0.2, 0.25) is 0 Å². The zero-order chi connectivity index (χ0) is 23.4. The van der Waals surface area contributed by atoms with E-state index >= 15 is 0 Å². The first kappa shape index (κ1) is 23.4. The summed E-state index contributed by atoms with van der Waals surface area (Å²) in [6, 6.07) is 16.9. The number of hydrogen-bond acceptors (Lipinski definition) is 3. The molecule has 1 aromatic heterocycles. The lowest BCUT2D eigenvalue weighted by Gasteiger charge is -2.36. The number of likely N-dealkylation sites (tertiary alicyclic amines) is 1. The van der Waals surface area contributed by atoms with Gasteiger partial charge in [-0.1, -0.05) is 44.2 Å². The van der Waals surface area contributed by atoms with Crippen LogP contribution in [-0.2, 0) is 5.41 Å². The Morgan fingerprint density at radius 1 is 1.15 bits per heavy atom. The molecule has 2 aromatic carbocycles. The molecule has 0 radical (unpaired) electrons. The van der Waals surface area contributed by atoms with Gasteiger partial charge in [0.15, 0.2) is 0 Å². The minimum absolute atomic E-state index is 0.0612. The standard InChI is InChI=1S/C28H37N3O2/c1-5-33-26-13-9-7-11-23(26)27(32)31-16-14-21(15-17-31)30-20(2)18-28(3,4)24-19-29-25-12-8-6-10-22(24)25/h6-13,19-21,29-30H,5,14-18H2,1-4H3/t20-/m0/s1. The van der Waals surface area contributed by atoms with Crippen LogP contribution in [0, 0.1) is 0 Å². The molecule has 5 heteroatoms. The van der Waals surface area contributed by atoms with Crippen LogP contribution in [0.1, 0.15) is 62.9 Å². The molecule has 33 heavy (non-hydrogen) atoms. The van der Waals surface area contributed by atoms with Crippen molar-refractivity contribution in [1.82, 2.24) is 15.2 Å². The first-order valence-corrected chi connectivity index (χ1v) is 12.2. The number of para-hydroxylation sites is 2. The van der Waals surface area contributed by atoms with Crippen LogP contribution in [0.3, 0.4) is 0 Å². The van der Waals surface area contributed by atoms with Crippen LogP contribution in [-0.4, -0.2) is 47.6 Å². The minimum Gasteiger partial charge on any atom is -0.493 e. The van der Waals surface area contributed by atoms with Crippen LogP contribution in [0.15, 0.2) is 54.7 Å². The van der Waals surface area contributed by atoms with Gasteiger partial charge in [0.25, 0.3) is 5.91 Å². The number of benzene rings is 2. The SMILES string of the molecule is CCOc1ccccc1C(=O)N1CCC(N[C@@H](C)CC(C)(C)c2c[nH]c3ccccc23)CC1. The number of rotatable bonds is 8. The lowest BCUT2D eigenvalue weighted by Crippen LogP contribution is -2.48. The number of H-pyrrole nitrogens is 1. The largest absolute Gasteiger partial charge is 0.493 e. The number of aromatic nitrogens is 1. The molecule has 1 amide bonds. The number of piperidine rings is 1. The molecule has 2 heterocycles. The molecule has 0 spiro atoms. The highest BCUT2D eigenvalue weighted by atomic mass is 16.5. The summed E-state index contributed by atoms with van der Waals surface area (Å²) in [5.74, 6) is 0.754. The van der Waals surface area contributed by atoms with E-state index < -0.39 is 0 Å². The molecule has 5 nitrogen and oxygen atoms in total. The molecule has 1 aliphatic heterocycles. The number of ether oxygens (including phenoxy) is 1. The highest BCUT2D eigenvalue weighted by Crippen LogP contribution is 2.34. The Balaban J connectivity index is 1.32. The van der Waals surface area contributed by atoms with E-state index in [9.17, 15) is 4.79 Å². The number of amides is 1. The van der Waals surface area contributed by atoms with Gasteiger partial charge in [-0.25, -0.2) is 0 Å². The number of carbonyl (C=O) groups is 1. The van der Waals surface area contributed by atoms with Crippen molar-refractivity contribution >= 4 is 16.8 Å². The topological polar surface area (TPSA) is 57.4 Å². The number of carbonyl (C=O) groups excluding carboxylic acids is 1. The molecular formula is C28H37N3O2. The number of hydrogen-bond donors (Lipinski definition) is 2. The molecule has 0 bridgehead atoms. The second-order valence-electron chi connectivity index (χ2n) is 9.90. The van der Waals surface area contributed by atoms with Gasteiger partial charge < -0.3 is 19.9 Å². The first-order valence-electron chi connectivity index (χ1n) is 12.2. The number of nitrogens with one attached hydrogen (secondary N) is 2. The van der Waals surface area contributed by atoms with Gasteiger partial charge in [-0.05, 0) is 62.3 Å². The van der Waals surface area contributed by atoms with Crippen molar-refractivity contribution in [2.75, 3.05) is 19.7 Å². The molecule has 0 saturated carbocycles. The van der Waals surface area contributed by atoms with E-state index in [2.05, 4.69) is 61.5 Å². The second kappa shape index (κ2) is 10.0. The van der Waals surface area contributed by atoms with Crippen LogP contribution in [0.4, 0.5) is 0 Å². The summed E-state index contributed by atoms with van der Waals surface area (Å²) < 4.78 is 5.66. The first-order chi connectivity index (χ1) is 15.9. The molecular weight excluding hydrogens is 410 g/mol. The Kier molecular flexibility index (Phi) is 7.08. The zero-order valence-corrected chi connectivity index (χ0v) is 20.4. The molecule has 0 unspecified atom stereocenters. The van der Waals surface area contributed by atoms with Crippen molar-refractivity contribution in [3.05, 3.63) is 65.9 Å². The highest BCUT2D eigenvalue weighted by Gasteiger charge is 2.29. The smallest absolute Gasteiger partial charge is 0.257 e. The van der Waals surface area contributed by atoms with Crippen molar-refractivity contribution in [2.24, 2.45) is 0 Å². The third-order valence-electron chi connectivity index (χ3n) is 6.85. The maximum atomic E-state index is 13.1. The van der Waals surface area contributed by atoms with Crippen LogP contribution in [0.5, 0.6) is 5.75 Å². The van der Waals surface area contributed by atoms with Crippen molar-refractivity contribution < 1.29 is 9.53 Å². The van der Waals surface area contributed by atoms with E-state index in [0.717, 1.165) is 32.4 Å². The lowest BCUT2D eigenvalue weighted by atomic mass is 9.79. The third kappa shape index (κ3) is 5.25. The fourth-order valence-corrected chi connectivity index (χ4v) is 5.31. The predicted octanol–water partition coefficient (Wildman–Crippen LogP) is 5.52. The van der Waals surface area contributed by atoms with E-state index in [-0.39, 0.29) is 11.3 Å². The summed E-state index contributed by atoms with van der Waals surface area (Å²) in [5, 5.41) is 5.16. The molecule has 1 fully saturated rings. The Morgan fingerprint density at radius 2 is 1.85 bits per heavy atom. The average Bonchev–Trinajstić information content (AvgIpc) is 3.25. The van der Waals surface area contributed by atoms with Crippen LogP contribution >= 0.6 is 0 Å². The predicted molar refractivity (Wildman–Crippen MR) is 135 cm³/mol. The fourth-order valence-electron chi connectivity index (χ4n) is 5.31. The maximum Gasteiger partial charge on any atom is 0.257 e. The van der Waals surface area contributed by atoms with Crippen LogP contribution < -0.4 is 10.1 Å². The molecule has 4 rings (SSSR count). The summed E-state index contributed by atoms with van der Waals surface area (Å²) in [6.07, 6.45) is 5.16. The van der Waals surface area contributed by atoms with Crippen molar-refractivity contribution in [1.29, 1.82) is 0 Å². The maximum absolute atomic E-state index is 13.1. The lowest BCUT2D eigenvalue weighted by molar-refractivity contribution is 0.0697. The van der Waals surface area contributed by atoms with Gasteiger partial charge in [0, 0.05) is 42.3 Å². The minimum atomic E-state index is 0.0612. The normalized spacial score (nSPS) is 16.2. The average molecular weight is 448 g/mol. The third-order valence-corrected chi connectivity index (χ3v) is 6.85. The van der Waals surface area contributed by atoms with E-state index in [0.29, 0.717) is 30.0 Å². The highest BCUT2D eigenvalue weighted by molar-refractivity contribution is 5.97. The van der Waals surface area contributed by atoms with Crippen molar-refractivity contribution in [3.8, 4) is 5.75 Å². The Bertz CT molecular complexity index is 1080. The Hall–Kier alpha value is -2.79. The molecule has 1 aliphatic rings. The second-order valence-corrected chi connectivity index (χ2v) is 9.90. The number of fused-ring (bicyclic) bond motifs is 1. The summed E-state index contributed by atoms with van der Waals surface area (Å²) >= 11 is 0. The van der Waals surface area contributed by atoms with Crippen molar-refractivity contribution in [2.45, 2.75) is 64.5 Å². The molecule has 3 aromatic rings. The zero-order valence-electron chi connectivity index (χ0n) is 20.4. The number of aromatic amines is 1. The Labute approximate surface area is 197 Å². The number of nitrogens with zero attached hydrogens (tertiary/aromatic N) is 1. The van der Waals surface area contributed by atoms with Gasteiger partial charge >= 0.3 is 0 Å². The monoisotopic (exact) mass is 447 g/mol. The molecule has 176 valence electrons. The summed E-state index contributed by atoms with van der Waals surface area (Å²) in [6.45, 7) is 11.0. The molecule has 0 aliphatic carbocycles. The van der Waals surface area contributed by atoms with Gasteiger partial charge in [-0.2, -0.15) is 0 Å². The molecule has 2 N–H and O–H groups in total. The van der Waals surface area contributed by atoms with Crippen LogP contribution in [0.2, 0.25) is 0 Å². The van der Waals surface area contributed by atoms with E-state index in [4.69, 9.17) is 4.74 Å². The van der Waals surface area contributed by atoms with Gasteiger partial charge in [-0.3, -0.25) is 4.79 Å². The van der Waals surface area contributed by atoms with E-state index in [1.807, 2.05) is 36.1 Å². The van der Waals surface area contributed by atoms with Crippen LogP contribution in [0.25, 0.3) is 10.9 Å². The summed E-state index contributed by atoms with van der Waals surface area (Å²) in [5.41, 5.74) is 3.30. The molecule has 1 saturated heterocycles.